The maximum absolute atomic E-state index is 4.54. The molecule has 1 rings (SSSR count). The van der Waals surface area contributed by atoms with E-state index in [1.54, 1.807) is 11.3 Å². The van der Waals surface area contributed by atoms with Crippen molar-refractivity contribution < 1.29 is 0 Å². The molecule has 1 aromatic heterocycles. The summed E-state index contributed by atoms with van der Waals surface area (Å²) in [5.74, 6) is 0. The van der Waals surface area contributed by atoms with Crippen LogP contribution in [0.4, 0.5) is 0 Å². The molecular weight excluding hydrogens is 204 g/mol. The predicted molar refractivity (Wildman–Crippen MR) is 67.3 cm³/mol. The van der Waals surface area contributed by atoms with Gasteiger partial charge in [-0.05, 0) is 32.2 Å². The van der Waals surface area contributed by atoms with Gasteiger partial charge in [0.2, 0.25) is 0 Å². The zero-order valence-electron chi connectivity index (χ0n) is 10.4. The summed E-state index contributed by atoms with van der Waals surface area (Å²) in [6, 6.07) is 0.411. The van der Waals surface area contributed by atoms with E-state index in [9.17, 15) is 0 Å². The van der Waals surface area contributed by atoms with E-state index in [1.165, 1.54) is 12.1 Å². The summed E-state index contributed by atoms with van der Waals surface area (Å²) in [6.07, 6.45) is 2.37. The molecule has 2 nitrogen and oxygen atoms in total. The summed E-state index contributed by atoms with van der Waals surface area (Å²) >= 11 is 1.73. The number of rotatable bonds is 4. The van der Waals surface area contributed by atoms with E-state index in [2.05, 4.69) is 43.4 Å². The molecule has 15 heavy (non-hydrogen) atoms. The lowest BCUT2D eigenvalue weighted by atomic mass is 9.88. The summed E-state index contributed by atoms with van der Waals surface area (Å²) in [4.78, 5) is 4.54. The maximum atomic E-state index is 4.54. The molecule has 0 bridgehead atoms. The van der Waals surface area contributed by atoms with Crippen LogP contribution in [0.1, 0.15) is 50.4 Å². The van der Waals surface area contributed by atoms with Gasteiger partial charge in [0, 0.05) is 5.38 Å². The fourth-order valence-electron chi connectivity index (χ4n) is 1.56. The van der Waals surface area contributed by atoms with Gasteiger partial charge in [-0.1, -0.05) is 20.8 Å². The third kappa shape index (κ3) is 4.31. The number of thiazole rings is 1. The second-order valence-corrected chi connectivity index (χ2v) is 6.29. The minimum Gasteiger partial charge on any atom is -0.312 e. The molecule has 86 valence electrons. The maximum Gasteiger partial charge on any atom is 0.0898 e. The van der Waals surface area contributed by atoms with Gasteiger partial charge in [0.1, 0.15) is 0 Å². The molecule has 0 aliphatic carbocycles. The molecular formula is C12H22N2S. The molecule has 0 aliphatic rings. The minimum absolute atomic E-state index is 0.403. The van der Waals surface area contributed by atoms with Crippen LogP contribution in [0.5, 0.6) is 0 Å². The van der Waals surface area contributed by atoms with Crippen LogP contribution >= 0.6 is 11.3 Å². The highest BCUT2D eigenvalue weighted by Gasteiger charge is 2.17. The number of nitrogens with one attached hydrogen (secondary N) is 1. The molecule has 0 radical (unpaired) electrons. The molecule has 0 saturated carbocycles. The fourth-order valence-corrected chi connectivity index (χ4v) is 2.22. The van der Waals surface area contributed by atoms with Gasteiger partial charge in [0.15, 0.2) is 0 Å². The van der Waals surface area contributed by atoms with Crippen molar-refractivity contribution in [1.29, 1.82) is 0 Å². The summed E-state index contributed by atoms with van der Waals surface area (Å²) in [5, 5.41) is 6.67. The molecule has 1 N–H and O–H groups in total. The third-order valence-electron chi connectivity index (χ3n) is 2.53. The largest absolute Gasteiger partial charge is 0.312 e. The SMILES string of the molecule is CNC(CCC(C)(C)C)c1csc(C)n1. The summed E-state index contributed by atoms with van der Waals surface area (Å²) in [6.45, 7) is 8.91. The van der Waals surface area contributed by atoms with Gasteiger partial charge in [-0.25, -0.2) is 4.98 Å². The molecule has 1 atom stereocenters. The van der Waals surface area contributed by atoms with Crippen LogP contribution in [0.15, 0.2) is 5.38 Å². The normalized spacial score (nSPS) is 14.2. The van der Waals surface area contributed by atoms with E-state index < -0.39 is 0 Å². The number of nitrogens with zero attached hydrogens (tertiary/aromatic N) is 1. The van der Waals surface area contributed by atoms with Gasteiger partial charge >= 0.3 is 0 Å². The highest BCUT2D eigenvalue weighted by molar-refractivity contribution is 7.09. The molecule has 0 aliphatic heterocycles. The van der Waals surface area contributed by atoms with Gasteiger partial charge in [-0.2, -0.15) is 0 Å². The van der Waals surface area contributed by atoms with Crippen molar-refractivity contribution in [2.45, 2.75) is 46.6 Å². The highest BCUT2D eigenvalue weighted by Crippen LogP contribution is 2.27. The Kier molecular flexibility index (Phi) is 4.29. The first-order valence-corrected chi connectivity index (χ1v) is 6.39. The van der Waals surface area contributed by atoms with Crippen molar-refractivity contribution in [1.82, 2.24) is 10.3 Å². The van der Waals surface area contributed by atoms with Gasteiger partial charge in [0.05, 0.1) is 16.7 Å². The Morgan fingerprint density at radius 2 is 2.13 bits per heavy atom. The summed E-state index contributed by atoms with van der Waals surface area (Å²) in [5.41, 5.74) is 1.60. The highest BCUT2D eigenvalue weighted by atomic mass is 32.1. The zero-order chi connectivity index (χ0) is 11.5. The van der Waals surface area contributed by atoms with Crippen LogP contribution in [-0.2, 0) is 0 Å². The molecule has 0 amide bonds. The van der Waals surface area contributed by atoms with Crippen LogP contribution in [0.25, 0.3) is 0 Å². The summed E-state index contributed by atoms with van der Waals surface area (Å²) in [7, 11) is 2.02. The Balaban J connectivity index is 2.57. The van der Waals surface area contributed by atoms with E-state index in [0.717, 1.165) is 11.4 Å². The van der Waals surface area contributed by atoms with E-state index in [4.69, 9.17) is 0 Å². The van der Waals surface area contributed by atoms with Crippen molar-refractivity contribution in [3.8, 4) is 0 Å². The Hall–Kier alpha value is -0.410. The van der Waals surface area contributed by atoms with Crippen molar-refractivity contribution >= 4 is 11.3 Å². The predicted octanol–water partition coefficient (Wildman–Crippen LogP) is 3.54. The van der Waals surface area contributed by atoms with Crippen molar-refractivity contribution in [2.75, 3.05) is 7.05 Å². The van der Waals surface area contributed by atoms with Gasteiger partial charge in [0.25, 0.3) is 0 Å². The Bertz CT molecular complexity index is 299. The number of aromatic nitrogens is 1. The smallest absolute Gasteiger partial charge is 0.0898 e. The standard InChI is InChI=1S/C12H22N2S/c1-9-14-11(8-15-9)10(13-5)6-7-12(2,3)4/h8,10,13H,6-7H2,1-5H3. The summed E-state index contributed by atoms with van der Waals surface area (Å²) < 4.78 is 0. The molecule has 1 unspecified atom stereocenters. The topological polar surface area (TPSA) is 24.9 Å². The molecule has 0 saturated heterocycles. The van der Waals surface area contributed by atoms with E-state index in [0.29, 0.717) is 11.5 Å². The van der Waals surface area contributed by atoms with Crippen LogP contribution in [0.2, 0.25) is 0 Å². The average Bonchev–Trinajstić information content (AvgIpc) is 2.51. The Labute approximate surface area is 97.1 Å². The van der Waals surface area contributed by atoms with E-state index >= 15 is 0 Å². The van der Waals surface area contributed by atoms with E-state index in [1.807, 2.05) is 7.05 Å². The lowest BCUT2D eigenvalue weighted by Gasteiger charge is -2.21. The van der Waals surface area contributed by atoms with Crippen molar-refractivity contribution in [3.63, 3.8) is 0 Å². The second-order valence-electron chi connectivity index (χ2n) is 5.23. The van der Waals surface area contributed by atoms with Crippen molar-refractivity contribution in [2.24, 2.45) is 5.41 Å². The lowest BCUT2D eigenvalue weighted by Crippen LogP contribution is -2.19. The number of aryl methyl sites for hydroxylation is 1. The van der Waals surface area contributed by atoms with Gasteiger partial charge in [-0.3, -0.25) is 0 Å². The lowest BCUT2D eigenvalue weighted by molar-refractivity contribution is 0.336. The number of hydrogen-bond acceptors (Lipinski definition) is 3. The molecule has 0 spiro atoms. The molecule has 1 aromatic rings. The van der Waals surface area contributed by atoms with Crippen LogP contribution in [-0.4, -0.2) is 12.0 Å². The quantitative estimate of drug-likeness (QED) is 0.849. The average molecular weight is 226 g/mol. The van der Waals surface area contributed by atoms with Gasteiger partial charge in [-0.15, -0.1) is 11.3 Å². The van der Waals surface area contributed by atoms with Crippen LogP contribution < -0.4 is 5.32 Å². The number of hydrogen-bond donors (Lipinski definition) is 1. The molecule has 3 heteroatoms. The molecule has 1 heterocycles. The fraction of sp³-hybridized carbons (Fsp3) is 0.750. The van der Waals surface area contributed by atoms with Crippen LogP contribution in [0, 0.1) is 12.3 Å². The van der Waals surface area contributed by atoms with Crippen molar-refractivity contribution in [3.05, 3.63) is 16.1 Å². The minimum atomic E-state index is 0.403. The zero-order valence-corrected chi connectivity index (χ0v) is 11.2. The molecule has 0 aromatic carbocycles. The third-order valence-corrected chi connectivity index (χ3v) is 3.32. The first kappa shape index (κ1) is 12.7. The van der Waals surface area contributed by atoms with Crippen LogP contribution in [0.3, 0.4) is 0 Å². The second kappa shape index (κ2) is 5.08. The molecule has 0 fully saturated rings. The van der Waals surface area contributed by atoms with Gasteiger partial charge < -0.3 is 5.32 Å². The first-order valence-electron chi connectivity index (χ1n) is 5.51. The Morgan fingerprint density at radius 3 is 2.53 bits per heavy atom. The first-order chi connectivity index (χ1) is 6.92. The van der Waals surface area contributed by atoms with E-state index in [-0.39, 0.29) is 0 Å². The monoisotopic (exact) mass is 226 g/mol. The Morgan fingerprint density at radius 1 is 1.47 bits per heavy atom.